The van der Waals surface area contributed by atoms with E-state index in [-0.39, 0.29) is 5.91 Å². The molecule has 7 nitrogen and oxygen atoms in total. The second-order valence-corrected chi connectivity index (χ2v) is 8.45. The van der Waals surface area contributed by atoms with Gasteiger partial charge in [0.15, 0.2) is 5.92 Å². The quantitative estimate of drug-likeness (QED) is 0.832. The van der Waals surface area contributed by atoms with Gasteiger partial charge >= 0.3 is 0 Å². The number of hydrogen-bond acceptors (Lipinski definition) is 6. The molecule has 0 aromatic heterocycles. The number of piperazine rings is 1. The number of anilines is 1. The second kappa shape index (κ2) is 7.94. The standard InChI is InChI=1S/C22H29N5O2/c1-16-6-8-22(9-7-16)19(15-23)20(28)24-21(25-22)27-12-10-26(11-13-27)17-4-3-5-18(14-17)29-2/h3-5,14,16,19H,6-13H2,1-2H3,(H,24,25,28). The monoisotopic (exact) mass is 395 g/mol. The first kappa shape index (κ1) is 19.6. The molecule has 1 aliphatic carbocycles. The maximum absolute atomic E-state index is 12.7. The zero-order valence-corrected chi connectivity index (χ0v) is 17.2. The first-order valence-corrected chi connectivity index (χ1v) is 10.5. The molecular weight excluding hydrogens is 366 g/mol. The van der Waals surface area contributed by atoms with Crippen molar-refractivity contribution < 1.29 is 9.53 Å². The third-order valence-corrected chi connectivity index (χ3v) is 6.63. The summed E-state index contributed by atoms with van der Waals surface area (Å²) < 4.78 is 5.34. The Morgan fingerprint density at radius 3 is 2.55 bits per heavy atom. The minimum atomic E-state index is -0.683. The molecule has 1 saturated carbocycles. The average molecular weight is 396 g/mol. The van der Waals surface area contributed by atoms with Gasteiger partial charge in [-0.05, 0) is 43.7 Å². The van der Waals surface area contributed by atoms with Crippen LogP contribution in [0.15, 0.2) is 29.3 Å². The highest BCUT2D eigenvalue weighted by molar-refractivity contribution is 6.02. The lowest BCUT2D eigenvalue weighted by Gasteiger charge is -2.45. The lowest BCUT2D eigenvalue weighted by Crippen LogP contribution is -2.60. The van der Waals surface area contributed by atoms with Crippen LogP contribution in [-0.4, -0.2) is 55.6 Å². The molecule has 1 spiro atoms. The predicted octanol–water partition coefficient (Wildman–Crippen LogP) is 2.39. The van der Waals surface area contributed by atoms with Crippen molar-refractivity contribution in [2.75, 3.05) is 38.2 Å². The zero-order chi connectivity index (χ0) is 20.4. The van der Waals surface area contributed by atoms with E-state index in [2.05, 4.69) is 34.2 Å². The van der Waals surface area contributed by atoms with Crippen molar-refractivity contribution in [2.24, 2.45) is 16.8 Å². The number of benzene rings is 1. The Kier molecular flexibility index (Phi) is 5.35. The Balaban J connectivity index is 1.49. The number of aliphatic imine (C=N–C) groups is 1. The molecule has 4 rings (SSSR count). The molecule has 2 heterocycles. The number of guanidine groups is 1. The van der Waals surface area contributed by atoms with E-state index in [4.69, 9.17) is 9.73 Å². The van der Waals surface area contributed by atoms with Gasteiger partial charge in [0.2, 0.25) is 11.9 Å². The number of hydrogen-bond donors (Lipinski definition) is 1. The molecule has 2 aliphatic heterocycles. The summed E-state index contributed by atoms with van der Waals surface area (Å²) in [6.07, 6.45) is 3.66. The molecule has 1 saturated heterocycles. The van der Waals surface area contributed by atoms with Crippen LogP contribution in [0.3, 0.4) is 0 Å². The molecule has 1 aromatic rings. The van der Waals surface area contributed by atoms with E-state index in [1.54, 1.807) is 7.11 Å². The average Bonchev–Trinajstić information content (AvgIpc) is 2.76. The van der Waals surface area contributed by atoms with Crippen molar-refractivity contribution in [3.8, 4) is 11.8 Å². The van der Waals surface area contributed by atoms with Gasteiger partial charge in [-0.1, -0.05) is 13.0 Å². The van der Waals surface area contributed by atoms with Crippen LogP contribution in [0.2, 0.25) is 0 Å². The summed E-state index contributed by atoms with van der Waals surface area (Å²) in [7, 11) is 1.68. The zero-order valence-electron chi connectivity index (χ0n) is 17.2. The van der Waals surface area contributed by atoms with Crippen LogP contribution >= 0.6 is 0 Å². The molecule has 1 N–H and O–H groups in total. The van der Waals surface area contributed by atoms with Gasteiger partial charge < -0.3 is 14.5 Å². The van der Waals surface area contributed by atoms with Crippen LogP contribution in [0.1, 0.15) is 32.6 Å². The third-order valence-electron chi connectivity index (χ3n) is 6.63. The molecule has 1 atom stereocenters. The van der Waals surface area contributed by atoms with Gasteiger partial charge in [-0.2, -0.15) is 5.26 Å². The van der Waals surface area contributed by atoms with E-state index in [1.807, 2.05) is 18.2 Å². The minimum Gasteiger partial charge on any atom is -0.497 e. The van der Waals surface area contributed by atoms with E-state index in [0.717, 1.165) is 63.3 Å². The molecule has 3 aliphatic rings. The molecular formula is C22H29N5O2. The molecule has 7 heteroatoms. The molecule has 0 radical (unpaired) electrons. The summed E-state index contributed by atoms with van der Waals surface area (Å²) in [6.45, 7) is 5.47. The number of nitriles is 1. The molecule has 1 amide bonds. The van der Waals surface area contributed by atoms with Crippen molar-refractivity contribution in [1.29, 1.82) is 5.26 Å². The molecule has 1 unspecified atom stereocenters. The van der Waals surface area contributed by atoms with E-state index in [9.17, 15) is 10.1 Å². The predicted molar refractivity (Wildman–Crippen MR) is 112 cm³/mol. The smallest absolute Gasteiger partial charge is 0.246 e. The van der Waals surface area contributed by atoms with Gasteiger partial charge in [-0.25, -0.2) is 4.99 Å². The van der Waals surface area contributed by atoms with E-state index in [0.29, 0.717) is 11.9 Å². The van der Waals surface area contributed by atoms with Crippen molar-refractivity contribution in [3.05, 3.63) is 24.3 Å². The summed E-state index contributed by atoms with van der Waals surface area (Å²) in [5.41, 5.74) is 0.587. The Labute approximate surface area is 172 Å². The Hall–Kier alpha value is -2.75. The Bertz CT molecular complexity index is 830. The van der Waals surface area contributed by atoms with Crippen molar-refractivity contribution in [2.45, 2.75) is 38.1 Å². The number of nitrogens with zero attached hydrogens (tertiary/aromatic N) is 4. The second-order valence-electron chi connectivity index (χ2n) is 8.45. The van der Waals surface area contributed by atoms with E-state index in [1.165, 1.54) is 0 Å². The molecule has 2 fully saturated rings. The van der Waals surface area contributed by atoms with E-state index < -0.39 is 11.5 Å². The first-order valence-electron chi connectivity index (χ1n) is 10.5. The Morgan fingerprint density at radius 2 is 1.90 bits per heavy atom. The molecule has 29 heavy (non-hydrogen) atoms. The number of ether oxygens (including phenoxy) is 1. The highest BCUT2D eigenvalue weighted by atomic mass is 16.5. The molecule has 1 aromatic carbocycles. The Morgan fingerprint density at radius 1 is 1.21 bits per heavy atom. The van der Waals surface area contributed by atoms with Gasteiger partial charge in [0.05, 0.1) is 18.7 Å². The first-order chi connectivity index (χ1) is 14.0. The van der Waals surface area contributed by atoms with Crippen LogP contribution in [0.4, 0.5) is 5.69 Å². The topological polar surface area (TPSA) is 81.0 Å². The summed E-state index contributed by atoms with van der Waals surface area (Å²) in [4.78, 5) is 22.2. The van der Waals surface area contributed by atoms with Crippen molar-refractivity contribution in [1.82, 2.24) is 10.2 Å². The van der Waals surface area contributed by atoms with Crippen LogP contribution in [-0.2, 0) is 4.79 Å². The maximum atomic E-state index is 12.7. The largest absolute Gasteiger partial charge is 0.497 e. The summed E-state index contributed by atoms with van der Waals surface area (Å²) in [5, 5.41) is 12.6. The lowest BCUT2D eigenvalue weighted by atomic mass is 9.70. The number of amides is 1. The highest BCUT2D eigenvalue weighted by Crippen LogP contribution is 2.42. The summed E-state index contributed by atoms with van der Waals surface area (Å²) >= 11 is 0. The van der Waals surface area contributed by atoms with Gasteiger partial charge in [-0.15, -0.1) is 0 Å². The van der Waals surface area contributed by atoms with Crippen LogP contribution in [0, 0.1) is 23.2 Å². The number of carbonyl (C=O) groups is 1. The van der Waals surface area contributed by atoms with Gasteiger partial charge in [-0.3, -0.25) is 10.1 Å². The highest BCUT2D eigenvalue weighted by Gasteiger charge is 2.49. The van der Waals surface area contributed by atoms with E-state index >= 15 is 0 Å². The minimum absolute atomic E-state index is 0.192. The normalized spacial score (nSPS) is 29.8. The van der Waals surface area contributed by atoms with Crippen LogP contribution in [0.5, 0.6) is 5.75 Å². The van der Waals surface area contributed by atoms with Gasteiger partial charge in [0.1, 0.15) is 5.75 Å². The number of carbonyl (C=O) groups excluding carboxylic acids is 1. The number of nitrogens with one attached hydrogen (secondary N) is 1. The lowest BCUT2D eigenvalue weighted by molar-refractivity contribution is -0.125. The molecule has 154 valence electrons. The maximum Gasteiger partial charge on any atom is 0.246 e. The SMILES string of the molecule is COc1cccc(N2CCN(C3=NC4(CCC(C)CC4)C(C#N)C(=O)N3)CC2)c1. The third kappa shape index (κ3) is 3.76. The van der Waals surface area contributed by atoms with Crippen molar-refractivity contribution in [3.63, 3.8) is 0 Å². The fourth-order valence-corrected chi connectivity index (χ4v) is 4.70. The van der Waals surface area contributed by atoms with Gasteiger partial charge in [0, 0.05) is 37.9 Å². The van der Waals surface area contributed by atoms with Gasteiger partial charge in [0.25, 0.3) is 0 Å². The number of methoxy groups -OCH3 is 1. The summed E-state index contributed by atoms with van der Waals surface area (Å²) in [5.74, 6) is 1.26. The number of rotatable bonds is 2. The fourth-order valence-electron chi connectivity index (χ4n) is 4.70. The van der Waals surface area contributed by atoms with Crippen LogP contribution in [0.25, 0.3) is 0 Å². The van der Waals surface area contributed by atoms with Crippen LogP contribution < -0.4 is 15.0 Å². The molecule has 0 bridgehead atoms. The van der Waals surface area contributed by atoms with Crippen molar-refractivity contribution >= 4 is 17.6 Å². The fraction of sp³-hybridized carbons (Fsp3) is 0.591. The summed E-state index contributed by atoms with van der Waals surface area (Å²) in [6, 6.07) is 10.3.